The Morgan fingerprint density at radius 2 is 1.78 bits per heavy atom. The molecule has 3 atom stereocenters. The number of carbonyl (C=O) groups excluding carboxylic acids is 1. The average molecular weight is 711 g/mol. The molecule has 0 bridgehead atoms. The zero-order valence-corrected chi connectivity index (χ0v) is 25.6. The van der Waals surface area contributed by atoms with Crippen LogP contribution in [0.1, 0.15) is 38.5 Å². The van der Waals surface area contributed by atoms with Crippen LogP contribution in [0.2, 0.25) is 0 Å². The van der Waals surface area contributed by atoms with Gasteiger partial charge in [0, 0.05) is 38.7 Å². The number of piperidine rings is 1. The third-order valence-corrected chi connectivity index (χ3v) is 10.8. The number of carbonyl (C=O) groups is 1. The molecule has 268 valence electrons. The summed E-state index contributed by atoms with van der Waals surface area (Å²) in [5, 5.41) is 33.1. The molecule has 49 heavy (non-hydrogen) atoms. The third-order valence-electron chi connectivity index (χ3n) is 10.8. The van der Waals surface area contributed by atoms with E-state index < -0.39 is 80.2 Å². The Labute approximate surface area is 271 Å². The first-order valence-corrected chi connectivity index (χ1v) is 15.6. The van der Waals surface area contributed by atoms with Crippen molar-refractivity contribution >= 4 is 28.4 Å². The fourth-order valence-corrected chi connectivity index (χ4v) is 7.71. The van der Waals surface area contributed by atoms with Crippen LogP contribution in [0.5, 0.6) is 0 Å². The van der Waals surface area contributed by atoms with Crippen molar-refractivity contribution in [3.63, 3.8) is 0 Å². The molecule has 4 aliphatic rings. The number of pyridine rings is 1. The monoisotopic (exact) mass is 710 g/mol. The van der Waals surface area contributed by atoms with Crippen LogP contribution in [0, 0.1) is 17.3 Å². The number of urea groups is 1. The minimum atomic E-state index is -4.88. The summed E-state index contributed by atoms with van der Waals surface area (Å²) in [5.41, 5.74) is -6.69. The van der Waals surface area contributed by atoms with E-state index in [-0.39, 0.29) is 52.2 Å². The van der Waals surface area contributed by atoms with Crippen LogP contribution in [0.4, 0.5) is 55.8 Å². The van der Waals surface area contributed by atoms with Gasteiger partial charge in [-0.2, -0.15) is 49.7 Å². The first kappa shape index (κ1) is 33.7. The number of aromatic amines is 1. The first-order chi connectivity index (χ1) is 22.8. The van der Waals surface area contributed by atoms with Crippen molar-refractivity contribution in [2.45, 2.75) is 74.7 Å². The smallest absolute Gasteiger partial charge is 0.395 e. The van der Waals surface area contributed by atoms with E-state index in [1.54, 1.807) is 0 Å². The molecule has 3 aromatic heterocycles. The van der Waals surface area contributed by atoms with Crippen molar-refractivity contribution in [1.82, 2.24) is 29.9 Å². The van der Waals surface area contributed by atoms with Gasteiger partial charge in [0.2, 0.25) is 0 Å². The summed E-state index contributed by atoms with van der Waals surface area (Å²) < 4.78 is 124. The Kier molecular flexibility index (Phi) is 7.45. The molecule has 11 nitrogen and oxygen atoms in total. The lowest BCUT2D eigenvalue weighted by Crippen LogP contribution is -2.65. The van der Waals surface area contributed by atoms with Gasteiger partial charge in [-0.25, -0.2) is 4.79 Å². The maximum absolute atomic E-state index is 13.9. The van der Waals surface area contributed by atoms with Crippen molar-refractivity contribution in [2.24, 2.45) is 17.3 Å². The number of fused-ring (bicyclic) bond motifs is 1. The number of H-pyrrole nitrogens is 1. The Bertz CT molecular complexity index is 1760. The van der Waals surface area contributed by atoms with Gasteiger partial charge in [-0.1, -0.05) is 19.3 Å². The van der Waals surface area contributed by atoms with E-state index in [4.69, 9.17) is 0 Å². The lowest BCUT2D eigenvalue weighted by molar-refractivity contribution is -0.278. The number of likely N-dealkylation sites (tertiary alicyclic amines) is 1. The van der Waals surface area contributed by atoms with Crippen molar-refractivity contribution in [2.75, 3.05) is 36.5 Å². The largest absolute Gasteiger partial charge is 0.417 e. The first-order valence-electron chi connectivity index (χ1n) is 15.6. The Hall–Kier alpha value is -3.81. The van der Waals surface area contributed by atoms with E-state index in [1.807, 2.05) is 0 Å². The Balaban J connectivity index is 1.17. The van der Waals surface area contributed by atoms with Crippen LogP contribution in [0.3, 0.4) is 0 Å². The molecule has 2 aliphatic heterocycles. The lowest BCUT2D eigenvalue weighted by Gasteiger charge is -2.49. The van der Waals surface area contributed by atoms with Crippen molar-refractivity contribution in [3.05, 3.63) is 18.5 Å². The van der Waals surface area contributed by atoms with Crippen LogP contribution in [-0.2, 0) is 6.54 Å². The molecule has 2 aliphatic carbocycles. The normalized spacial score (nSPS) is 27.4. The quantitative estimate of drug-likeness (QED) is 0.258. The molecule has 4 fully saturated rings. The van der Waals surface area contributed by atoms with Crippen LogP contribution in [-0.4, -0.2) is 102 Å². The van der Waals surface area contributed by atoms with Crippen molar-refractivity contribution in [1.29, 1.82) is 0 Å². The van der Waals surface area contributed by atoms with Crippen LogP contribution in [0.25, 0.3) is 22.3 Å². The second kappa shape index (κ2) is 10.8. The highest BCUT2D eigenvalue weighted by Crippen LogP contribution is 2.64. The summed E-state index contributed by atoms with van der Waals surface area (Å²) in [5.74, 6) is -0.255. The molecule has 1 spiro atoms. The molecule has 2 saturated carbocycles. The SMILES string of the molecule is O=C(Nc1cn[nH]c1-c1cc2c(cn1)c(N1CC(CO)(C(F)(F)F)C1)nn2CC(F)(F)F)N1CCC(O)(C(F)(F)F)CC12CC2C1CCC1. The molecule has 0 radical (unpaired) electrons. The highest BCUT2D eigenvalue weighted by atomic mass is 19.4. The maximum atomic E-state index is 13.9. The Morgan fingerprint density at radius 3 is 2.37 bits per heavy atom. The van der Waals surface area contributed by atoms with Gasteiger partial charge in [0.15, 0.2) is 11.4 Å². The maximum Gasteiger partial charge on any atom is 0.417 e. The summed E-state index contributed by atoms with van der Waals surface area (Å²) in [6, 6.07) is 0.456. The number of nitrogens with zero attached hydrogens (tertiary/aromatic N) is 6. The van der Waals surface area contributed by atoms with E-state index >= 15 is 0 Å². The number of alkyl halides is 9. The van der Waals surface area contributed by atoms with Crippen LogP contribution >= 0.6 is 0 Å². The van der Waals surface area contributed by atoms with Gasteiger partial charge in [-0.15, -0.1) is 0 Å². The fourth-order valence-electron chi connectivity index (χ4n) is 7.71. The van der Waals surface area contributed by atoms with Gasteiger partial charge < -0.3 is 25.3 Å². The standard InChI is InChI=1S/C29H31F9N8O3/c30-27(31,32)13-46-20-6-18(39-8-16(20)22(43-46)44-11-24(12-44,14-47)28(33,34)35)21-19(9-40-42-21)41-23(48)45-5-4-26(49,29(36,37)38)10-25(45)7-17(25)15-2-1-3-15/h6,8-9,15,17,47,49H,1-5,7,10-14H2,(H,40,42)(H,41,48). The highest BCUT2D eigenvalue weighted by Gasteiger charge is 2.71. The molecule has 2 saturated heterocycles. The topological polar surface area (TPSA) is 135 Å². The highest BCUT2D eigenvalue weighted by molar-refractivity contribution is 5.96. The molecule has 7 rings (SSSR count). The van der Waals surface area contributed by atoms with Gasteiger partial charge in [0.1, 0.15) is 17.7 Å². The summed E-state index contributed by atoms with van der Waals surface area (Å²) in [4.78, 5) is 20.4. The number of anilines is 2. The number of aliphatic hydroxyl groups is 2. The van der Waals surface area contributed by atoms with E-state index in [9.17, 15) is 54.5 Å². The number of aromatic nitrogens is 5. The molecule has 3 unspecified atom stereocenters. The fraction of sp³-hybridized carbons (Fsp3) is 0.655. The molecule has 3 aromatic rings. The molecule has 0 aromatic carbocycles. The predicted octanol–water partition coefficient (Wildman–Crippen LogP) is 5.22. The van der Waals surface area contributed by atoms with Gasteiger partial charge in [-0.05, 0) is 24.3 Å². The van der Waals surface area contributed by atoms with E-state index in [1.165, 1.54) is 17.2 Å². The molecular formula is C29H31F9N8O3. The predicted molar refractivity (Wildman–Crippen MR) is 153 cm³/mol. The molecular weight excluding hydrogens is 679 g/mol. The second-order valence-corrected chi connectivity index (χ2v) is 13.8. The summed E-state index contributed by atoms with van der Waals surface area (Å²) >= 11 is 0. The van der Waals surface area contributed by atoms with Crippen molar-refractivity contribution < 1.29 is 54.5 Å². The number of nitrogens with one attached hydrogen (secondary N) is 2. The summed E-state index contributed by atoms with van der Waals surface area (Å²) in [7, 11) is 0. The zero-order valence-electron chi connectivity index (χ0n) is 25.6. The molecule has 20 heteroatoms. The lowest BCUT2D eigenvalue weighted by atomic mass is 9.76. The van der Waals surface area contributed by atoms with E-state index in [0.717, 1.165) is 30.4 Å². The Morgan fingerprint density at radius 1 is 1.06 bits per heavy atom. The zero-order chi connectivity index (χ0) is 35.4. The van der Waals surface area contributed by atoms with Crippen molar-refractivity contribution in [3.8, 4) is 11.4 Å². The minimum Gasteiger partial charge on any atom is -0.395 e. The van der Waals surface area contributed by atoms with E-state index in [0.29, 0.717) is 11.1 Å². The summed E-state index contributed by atoms with van der Waals surface area (Å²) in [6.07, 6.45) is -10.6. The molecule has 2 amide bonds. The molecule has 4 N–H and O–H groups in total. The van der Waals surface area contributed by atoms with Crippen LogP contribution in [0.15, 0.2) is 18.5 Å². The number of rotatable bonds is 6. The van der Waals surface area contributed by atoms with Gasteiger partial charge in [0.05, 0.1) is 40.6 Å². The molecule has 5 heterocycles. The summed E-state index contributed by atoms with van der Waals surface area (Å²) in [6.45, 7) is -4.63. The third kappa shape index (κ3) is 5.45. The average Bonchev–Trinajstić information content (AvgIpc) is 3.25. The number of hydrogen-bond donors (Lipinski definition) is 4. The minimum absolute atomic E-state index is 0.00925. The second-order valence-electron chi connectivity index (χ2n) is 13.8. The number of hydrogen-bond acceptors (Lipinski definition) is 7. The number of amides is 2. The number of aliphatic hydroxyl groups excluding tert-OH is 1. The van der Waals surface area contributed by atoms with Crippen LogP contribution < -0.4 is 10.2 Å². The van der Waals surface area contributed by atoms with Gasteiger partial charge in [0.25, 0.3) is 0 Å². The van der Waals surface area contributed by atoms with E-state index in [2.05, 4.69) is 25.6 Å². The number of halogens is 9. The van der Waals surface area contributed by atoms with Gasteiger partial charge in [-0.3, -0.25) is 14.8 Å². The van der Waals surface area contributed by atoms with Gasteiger partial charge >= 0.3 is 24.6 Å².